The predicted molar refractivity (Wildman–Crippen MR) is 102 cm³/mol. The summed E-state index contributed by atoms with van der Waals surface area (Å²) in [4.78, 5) is 0. The maximum atomic E-state index is 5.32. The van der Waals surface area contributed by atoms with Gasteiger partial charge in [0.05, 0.1) is 6.54 Å². The fraction of sp³-hybridized carbons (Fsp3) is 0.158. The Morgan fingerprint density at radius 2 is 1.58 bits per heavy atom. The molecule has 24 heavy (non-hydrogen) atoms. The summed E-state index contributed by atoms with van der Waals surface area (Å²) >= 11 is 5.32. The van der Waals surface area contributed by atoms with E-state index in [1.807, 2.05) is 53.3 Å². The van der Waals surface area contributed by atoms with Crippen LogP contribution in [0.3, 0.4) is 0 Å². The number of hydrogen-bond acceptors (Lipinski definition) is 2. The molecule has 1 aromatic heterocycles. The minimum absolute atomic E-state index is 0.593. The number of rotatable bonds is 6. The van der Waals surface area contributed by atoms with E-state index in [9.17, 15) is 0 Å². The number of nitrogens with one attached hydrogen (secondary N) is 2. The van der Waals surface area contributed by atoms with Gasteiger partial charge in [0, 0.05) is 18.8 Å². The van der Waals surface area contributed by atoms with Crippen LogP contribution in [0.25, 0.3) is 0 Å². The van der Waals surface area contributed by atoms with Gasteiger partial charge in [-0.2, -0.15) is 5.10 Å². The molecule has 4 nitrogen and oxygen atoms in total. The maximum absolute atomic E-state index is 5.32. The van der Waals surface area contributed by atoms with Gasteiger partial charge in [0.25, 0.3) is 0 Å². The van der Waals surface area contributed by atoms with Crippen molar-refractivity contribution in [3.05, 3.63) is 84.1 Å². The summed E-state index contributed by atoms with van der Waals surface area (Å²) in [7, 11) is 0. The van der Waals surface area contributed by atoms with Crippen LogP contribution in [-0.4, -0.2) is 21.4 Å². The minimum atomic E-state index is 0.593. The fourth-order valence-electron chi connectivity index (χ4n) is 2.41. The molecule has 3 rings (SSSR count). The number of nitrogens with zero attached hydrogens (tertiary/aromatic N) is 2. The van der Waals surface area contributed by atoms with Gasteiger partial charge >= 0.3 is 0 Å². The van der Waals surface area contributed by atoms with E-state index >= 15 is 0 Å². The Morgan fingerprint density at radius 3 is 2.29 bits per heavy atom. The predicted octanol–water partition coefficient (Wildman–Crippen LogP) is 3.46. The van der Waals surface area contributed by atoms with Crippen LogP contribution in [-0.2, 0) is 13.0 Å². The number of thiocarbonyl (C=S) groups is 1. The van der Waals surface area contributed by atoms with Crippen molar-refractivity contribution in [2.45, 2.75) is 13.0 Å². The maximum Gasteiger partial charge on any atom is 0.172 e. The normalized spacial score (nSPS) is 10.3. The highest BCUT2D eigenvalue weighted by molar-refractivity contribution is 7.80. The first-order valence-corrected chi connectivity index (χ1v) is 8.36. The Morgan fingerprint density at radius 1 is 0.917 bits per heavy atom. The van der Waals surface area contributed by atoms with E-state index in [0.717, 1.165) is 25.3 Å². The van der Waals surface area contributed by atoms with E-state index < -0.39 is 0 Å². The lowest BCUT2D eigenvalue weighted by Gasteiger charge is -2.08. The topological polar surface area (TPSA) is 41.9 Å². The molecule has 0 saturated heterocycles. The molecule has 0 unspecified atom stereocenters. The van der Waals surface area contributed by atoms with E-state index in [1.54, 1.807) is 0 Å². The van der Waals surface area contributed by atoms with Gasteiger partial charge in [0.15, 0.2) is 10.9 Å². The Balaban J connectivity index is 1.45. The quantitative estimate of drug-likeness (QED) is 0.677. The van der Waals surface area contributed by atoms with Crippen molar-refractivity contribution in [3.8, 4) is 0 Å². The smallest absolute Gasteiger partial charge is 0.172 e. The molecule has 0 fully saturated rings. The first-order chi connectivity index (χ1) is 11.8. The van der Waals surface area contributed by atoms with Gasteiger partial charge in [-0.3, -0.25) is 4.68 Å². The van der Waals surface area contributed by atoms with Crippen LogP contribution in [0.15, 0.2) is 72.9 Å². The standard InChI is InChI=1S/C19H20N4S/c24-19(20-13-11-16-7-3-1-4-8-16)21-18-12-14-23(22-18)15-17-9-5-2-6-10-17/h1-10,12,14H,11,13,15H2,(H2,20,21,22,24). The van der Waals surface area contributed by atoms with Crippen molar-refractivity contribution in [2.24, 2.45) is 0 Å². The molecule has 0 aliphatic heterocycles. The highest BCUT2D eigenvalue weighted by atomic mass is 32.1. The van der Waals surface area contributed by atoms with Crippen LogP contribution < -0.4 is 10.6 Å². The van der Waals surface area contributed by atoms with Gasteiger partial charge in [-0.15, -0.1) is 0 Å². The number of anilines is 1. The third-order valence-electron chi connectivity index (χ3n) is 3.61. The Kier molecular flexibility index (Phi) is 5.58. The highest BCUT2D eigenvalue weighted by Crippen LogP contribution is 2.06. The molecule has 0 amide bonds. The average Bonchev–Trinajstić information content (AvgIpc) is 3.03. The Labute approximate surface area is 147 Å². The van der Waals surface area contributed by atoms with Gasteiger partial charge in [-0.1, -0.05) is 60.7 Å². The zero-order valence-corrected chi connectivity index (χ0v) is 14.2. The van der Waals surface area contributed by atoms with E-state index in [2.05, 4.69) is 40.0 Å². The lowest BCUT2D eigenvalue weighted by molar-refractivity contribution is 0.690. The van der Waals surface area contributed by atoms with E-state index in [1.165, 1.54) is 11.1 Å². The van der Waals surface area contributed by atoms with Crippen molar-refractivity contribution in [2.75, 3.05) is 11.9 Å². The number of benzene rings is 2. The second kappa shape index (κ2) is 8.26. The first kappa shape index (κ1) is 16.2. The van der Waals surface area contributed by atoms with Crippen LogP contribution in [0.2, 0.25) is 0 Å². The van der Waals surface area contributed by atoms with Crippen LogP contribution in [0.1, 0.15) is 11.1 Å². The van der Waals surface area contributed by atoms with Crippen molar-refractivity contribution < 1.29 is 0 Å². The van der Waals surface area contributed by atoms with Crippen LogP contribution in [0.5, 0.6) is 0 Å². The van der Waals surface area contributed by atoms with Gasteiger partial charge in [0.1, 0.15) is 0 Å². The molecule has 2 N–H and O–H groups in total. The van der Waals surface area contributed by atoms with Gasteiger partial charge in [-0.05, 0) is 29.8 Å². The van der Waals surface area contributed by atoms with Crippen LogP contribution >= 0.6 is 12.2 Å². The number of aromatic nitrogens is 2. The van der Waals surface area contributed by atoms with Gasteiger partial charge in [0.2, 0.25) is 0 Å². The minimum Gasteiger partial charge on any atom is -0.362 e. The molecule has 122 valence electrons. The summed E-state index contributed by atoms with van der Waals surface area (Å²) in [6.07, 6.45) is 2.88. The highest BCUT2D eigenvalue weighted by Gasteiger charge is 2.02. The lowest BCUT2D eigenvalue weighted by atomic mass is 10.1. The van der Waals surface area contributed by atoms with Crippen molar-refractivity contribution in [3.63, 3.8) is 0 Å². The average molecular weight is 336 g/mol. The monoisotopic (exact) mass is 336 g/mol. The van der Waals surface area contributed by atoms with Gasteiger partial charge < -0.3 is 10.6 Å². The van der Waals surface area contributed by atoms with Crippen molar-refractivity contribution in [1.29, 1.82) is 0 Å². The SMILES string of the molecule is S=C(NCCc1ccccc1)Nc1ccn(Cc2ccccc2)n1. The molecule has 0 spiro atoms. The van der Waals surface area contributed by atoms with Crippen LogP contribution in [0, 0.1) is 0 Å². The largest absolute Gasteiger partial charge is 0.362 e. The molecule has 2 aromatic carbocycles. The van der Waals surface area contributed by atoms with E-state index in [0.29, 0.717) is 5.11 Å². The zero-order chi connectivity index (χ0) is 16.6. The molecular formula is C19H20N4S. The summed E-state index contributed by atoms with van der Waals surface area (Å²) in [5.74, 6) is 0.753. The summed E-state index contributed by atoms with van der Waals surface area (Å²) in [6, 6.07) is 22.5. The Hall–Kier alpha value is -2.66. The molecule has 0 atom stereocenters. The van der Waals surface area contributed by atoms with E-state index in [4.69, 9.17) is 12.2 Å². The van der Waals surface area contributed by atoms with Crippen molar-refractivity contribution >= 4 is 23.1 Å². The van der Waals surface area contributed by atoms with Crippen molar-refractivity contribution in [1.82, 2.24) is 15.1 Å². The molecule has 0 aliphatic carbocycles. The molecule has 3 aromatic rings. The Bertz CT molecular complexity index is 768. The van der Waals surface area contributed by atoms with Crippen LogP contribution in [0.4, 0.5) is 5.82 Å². The van der Waals surface area contributed by atoms with Gasteiger partial charge in [-0.25, -0.2) is 0 Å². The molecule has 0 bridgehead atoms. The number of hydrogen-bond donors (Lipinski definition) is 2. The molecule has 0 aliphatic rings. The molecular weight excluding hydrogens is 316 g/mol. The second-order valence-corrected chi connectivity index (χ2v) is 5.91. The lowest BCUT2D eigenvalue weighted by Crippen LogP contribution is -2.30. The first-order valence-electron chi connectivity index (χ1n) is 7.96. The fourth-order valence-corrected chi connectivity index (χ4v) is 2.62. The third kappa shape index (κ3) is 4.93. The second-order valence-electron chi connectivity index (χ2n) is 5.50. The third-order valence-corrected chi connectivity index (χ3v) is 3.86. The summed E-state index contributed by atoms with van der Waals surface area (Å²) < 4.78 is 1.89. The summed E-state index contributed by atoms with van der Waals surface area (Å²) in [6.45, 7) is 1.54. The zero-order valence-electron chi connectivity index (χ0n) is 13.4. The summed E-state index contributed by atoms with van der Waals surface area (Å²) in [5, 5.41) is 11.4. The van der Waals surface area contributed by atoms with E-state index in [-0.39, 0.29) is 0 Å². The molecule has 5 heteroatoms. The molecule has 0 saturated carbocycles. The molecule has 1 heterocycles. The summed E-state index contributed by atoms with van der Waals surface area (Å²) in [5.41, 5.74) is 2.51. The molecule has 0 radical (unpaired) electrons.